The second kappa shape index (κ2) is 14.7. The summed E-state index contributed by atoms with van der Waals surface area (Å²) >= 11 is 0. The first-order valence-corrected chi connectivity index (χ1v) is 22.2. The molecular formula is C63H38N2. The lowest BCUT2D eigenvalue weighted by molar-refractivity contribution is 1.18. The number of benzene rings is 12. The van der Waals surface area contributed by atoms with Crippen LogP contribution in [0, 0.1) is 11.3 Å². The van der Waals surface area contributed by atoms with Gasteiger partial charge in [0, 0.05) is 16.5 Å². The van der Waals surface area contributed by atoms with Crippen molar-refractivity contribution < 1.29 is 0 Å². The van der Waals surface area contributed by atoms with Gasteiger partial charge in [-0.15, -0.1) is 0 Å². The van der Waals surface area contributed by atoms with Crippen molar-refractivity contribution in [2.24, 2.45) is 0 Å². The van der Waals surface area contributed by atoms with Crippen LogP contribution in [-0.4, -0.2) is 4.57 Å². The van der Waals surface area contributed by atoms with Gasteiger partial charge in [-0.05, 0) is 171 Å². The number of fused-ring (bicyclic) bond motifs is 8. The summed E-state index contributed by atoms with van der Waals surface area (Å²) in [5, 5.41) is 24.4. The van der Waals surface area contributed by atoms with E-state index in [1.165, 1.54) is 87.2 Å². The van der Waals surface area contributed by atoms with E-state index in [-0.39, 0.29) is 0 Å². The molecule has 0 saturated heterocycles. The maximum Gasteiger partial charge on any atom is 0.0991 e. The zero-order chi connectivity index (χ0) is 43.0. The van der Waals surface area contributed by atoms with Crippen molar-refractivity contribution in [3.63, 3.8) is 0 Å². The molecule has 0 unspecified atom stereocenters. The van der Waals surface area contributed by atoms with Crippen molar-refractivity contribution in [2.75, 3.05) is 0 Å². The average molecular weight is 823 g/mol. The van der Waals surface area contributed by atoms with Gasteiger partial charge in [-0.25, -0.2) is 0 Å². The van der Waals surface area contributed by atoms with Crippen molar-refractivity contribution in [1.82, 2.24) is 4.57 Å². The molecular weight excluding hydrogens is 785 g/mol. The highest BCUT2D eigenvalue weighted by molar-refractivity contribution is 6.23. The summed E-state index contributed by atoms with van der Waals surface area (Å²) < 4.78 is 2.31. The van der Waals surface area contributed by atoms with Crippen LogP contribution < -0.4 is 0 Å². The second-order valence-corrected chi connectivity index (χ2v) is 17.2. The molecule has 0 saturated carbocycles. The maximum atomic E-state index is 9.99. The Balaban J connectivity index is 1.11. The normalized spacial score (nSPS) is 11.7. The first-order valence-electron chi connectivity index (χ1n) is 22.2. The lowest BCUT2D eigenvalue weighted by Gasteiger charge is -2.20. The van der Waals surface area contributed by atoms with E-state index in [0.717, 1.165) is 38.6 Å². The van der Waals surface area contributed by atoms with E-state index in [2.05, 4.69) is 223 Å². The molecule has 300 valence electrons. The Hall–Kier alpha value is -8.77. The van der Waals surface area contributed by atoms with Gasteiger partial charge in [-0.1, -0.05) is 158 Å². The number of nitriles is 1. The molecule has 12 aromatic carbocycles. The zero-order valence-corrected chi connectivity index (χ0v) is 35.3. The van der Waals surface area contributed by atoms with Gasteiger partial charge in [0.05, 0.1) is 22.7 Å². The van der Waals surface area contributed by atoms with Gasteiger partial charge in [-0.3, -0.25) is 0 Å². The molecule has 0 N–H and O–H groups in total. The fraction of sp³-hybridized carbons (Fsp3) is 0. The van der Waals surface area contributed by atoms with Gasteiger partial charge in [0.25, 0.3) is 0 Å². The Bertz CT molecular complexity index is 4130. The van der Waals surface area contributed by atoms with Crippen molar-refractivity contribution in [3.05, 3.63) is 236 Å². The summed E-state index contributed by atoms with van der Waals surface area (Å²) in [6.45, 7) is 0. The number of aromatic nitrogens is 1. The Morgan fingerprint density at radius 2 is 0.662 bits per heavy atom. The summed E-state index contributed by atoms with van der Waals surface area (Å²) in [7, 11) is 0. The molecule has 0 bridgehead atoms. The molecule has 13 aromatic rings. The minimum absolute atomic E-state index is 0.651. The largest absolute Gasteiger partial charge is 0.309 e. The maximum absolute atomic E-state index is 9.99. The lowest BCUT2D eigenvalue weighted by atomic mass is 9.83. The molecule has 0 fully saturated rings. The van der Waals surface area contributed by atoms with Gasteiger partial charge in [-0.2, -0.15) is 5.26 Å². The minimum Gasteiger partial charge on any atom is -0.309 e. The average Bonchev–Trinajstić information content (AvgIpc) is 3.70. The van der Waals surface area contributed by atoms with Gasteiger partial charge < -0.3 is 4.57 Å². The van der Waals surface area contributed by atoms with Crippen LogP contribution >= 0.6 is 0 Å². The van der Waals surface area contributed by atoms with E-state index in [1.807, 2.05) is 18.2 Å². The summed E-state index contributed by atoms with van der Waals surface area (Å²) in [4.78, 5) is 0. The van der Waals surface area contributed by atoms with Gasteiger partial charge in [0.2, 0.25) is 0 Å². The minimum atomic E-state index is 0.651. The predicted octanol–water partition coefficient (Wildman–Crippen LogP) is 17.1. The first-order chi connectivity index (χ1) is 32.1. The summed E-state index contributed by atoms with van der Waals surface area (Å²) in [5.74, 6) is 0. The zero-order valence-electron chi connectivity index (χ0n) is 35.3. The number of nitrogens with zero attached hydrogens (tertiary/aromatic N) is 2. The topological polar surface area (TPSA) is 28.7 Å². The second-order valence-electron chi connectivity index (χ2n) is 17.2. The van der Waals surface area contributed by atoms with Crippen LogP contribution in [0.5, 0.6) is 0 Å². The van der Waals surface area contributed by atoms with E-state index < -0.39 is 0 Å². The molecule has 0 spiro atoms. The van der Waals surface area contributed by atoms with Crippen LogP contribution in [0.3, 0.4) is 0 Å². The van der Waals surface area contributed by atoms with Crippen LogP contribution in [0.4, 0.5) is 0 Å². The van der Waals surface area contributed by atoms with E-state index in [9.17, 15) is 5.26 Å². The van der Waals surface area contributed by atoms with Crippen molar-refractivity contribution in [2.45, 2.75) is 0 Å². The molecule has 0 atom stereocenters. The van der Waals surface area contributed by atoms with Crippen LogP contribution in [-0.2, 0) is 0 Å². The van der Waals surface area contributed by atoms with E-state index in [1.54, 1.807) is 0 Å². The van der Waals surface area contributed by atoms with Crippen LogP contribution in [0.2, 0.25) is 0 Å². The molecule has 0 aliphatic heterocycles. The van der Waals surface area contributed by atoms with Gasteiger partial charge in [0.15, 0.2) is 0 Å². The van der Waals surface area contributed by atoms with Gasteiger partial charge in [0.1, 0.15) is 0 Å². The molecule has 2 heteroatoms. The molecule has 1 heterocycles. The Morgan fingerprint density at radius 1 is 0.277 bits per heavy atom. The Kier molecular flexibility index (Phi) is 8.31. The highest BCUT2D eigenvalue weighted by Gasteiger charge is 2.21. The number of hydrogen-bond acceptors (Lipinski definition) is 1. The third kappa shape index (κ3) is 6.02. The highest BCUT2D eigenvalue weighted by atomic mass is 15.0. The van der Waals surface area contributed by atoms with E-state index in [0.29, 0.717) is 5.56 Å². The predicted molar refractivity (Wildman–Crippen MR) is 275 cm³/mol. The monoisotopic (exact) mass is 822 g/mol. The molecule has 0 radical (unpaired) electrons. The number of rotatable bonds is 5. The van der Waals surface area contributed by atoms with Crippen LogP contribution in [0.25, 0.3) is 126 Å². The lowest BCUT2D eigenvalue weighted by Crippen LogP contribution is -1.94. The van der Waals surface area contributed by atoms with Crippen molar-refractivity contribution in [1.29, 1.82) is 5.26 Å². The number of para-hydroxylation sites is 1. The smallest absolute Gasteiger partial charge is 0.0991 e. The Morgan fingerprint density at radius 3 is 1.18 bits per heavy atom. The standard InChI is InChI=1S/C63H38N2/c64-39-40-18-30-60-56(32-40)57-36-50(27-31-61(57)65(60)53-16-2-1-3-17-53)49-26-29-55-59(38-49)63(52-24-21-43-12-6-9-15-46(43)35-52)54-28-25-48(47-22-19-41-10-4-7-13-44(41)33-47)37-58(54)62(55)51-23-20-42-11-5-8-14-45(42)34-51/h1-38H. The van der Waals surface area contributed by atoms with Crippen LogP contribution in [0.1, 0.15) is 5.56 Å². The third-order valence-corrected chi connectivity index (χ3v) is 13.5. The molecule has 65 heavy (non-hydrogen) atoms. The van der Waals surface area contributed by atoms with Crippen molar-refractivity contribution in [3.8, 4) is 56.3 Å². The summed E-state index contributed by atoms with van der Waals surface area (Å²) in [6.07, 6.45) is 0. The first kappa shape index (κ1) is 36.8. The van der Waals surface area contributed by atoms with Gasteiger partial charge >= 0.3 is 0 Å². The van der Waals surface area contributed by atoms with E-state index >= 15 is 0 Å². The molecule has 1 aromatic heterocycles. The molecule has 2 nitrogen and oxygen atoms in total. The summed E-state index contributed by atoms with van der Waals surface area (Å²) in [5.41, 5.74) is 13.4. The quantitative estimate of drug-likeness (QED) is 0.159. The number of hydrogen-bond donors (Lipinski definition) is 0. The fourth-order valence-electron chi connectivity index (χ4n) is 10.4. The molecule has 0 aliphatic rings. The summed E-state index contributed by atoms with van der Waals surface area (Å²) in [6, 6.07) is 86.4. The highest BCUT2D eigenvalue weighted by Crippen LogP contribution is 2.47. The third-order valence-electron chi connectivity index (χ3n) is 13.5. The van der Waals surface area contributed by atoms with Crippen LogP contribution in [0.15, 0.2) is 231 Å². The van der Waals surface area contributed by atoms with Crippen molar-refractivity contribution >= 4 is 75.7 Å². The van der Waals surface area contributed by atoms with E-state index in [4.69, 9.17) is 0 Å². The Labute approximate surface area is 376 Å². The molecule has 0 aliphatic carbocycles. The molecule has 13 rings (SSSR count). The fourth-order valence-corrected chi connectivity index (χ4v) is 10.4. The molecule has 0 amide bonds. The SMILES string of the molecule is N#Cc1ccc2c(c1)c1cc(-c3ccc4c(-c5ccc6ccccc6c5)c5cc(-c6ccc7ccccc7c6)ccc5c(-c5ccc6ccccc6c5)c4c3)ccc1n2-c1ccccc1.